The van der Waals surface area contributed by atoms with Gasteiger partial charge in [-0.15, -0.1) is 0 Å². The number of carbonyl (C=O) groups excluding carboxylic acids is 2. The predicted molar refractivity (Wildman–Crippen MR) is 113 cm³/mol. The van der Waals surface area contributed by atoms with E-state index in [0.29, 0.717) is 37.5 Å². The van der Waals surface area contributed by atoms with Crippen molar-refractivity contribution in [1.29, 1.82) is 0 Å². The molecule has 0 saturated carbocycles. The molecule has 1 amide bonds. The van der Waals surface area contributed by atoms with Gasteiger partial charge >= 0.3 is 5.97 Å². The first kappa shape index (κ1) is 20.8. The van der Waals surface area contributed by atoms with Gasteiger partial charge in [-0.05, 0) is 32.0 Å². The fourth-order valence-electron chi connectivity index (χ4n) is 3.64. The molecule has 0 unspecified atom stereocenters. The number of carbonyl (C=O) groups is 2. The zero-order chi connectivity index (χ0) is 22.0. The Labute approximate surface area is 179 Å². The van der Waals surface area contributed by atoms with Crippen molar-refractivity contribution in [3.05, 3.63) is 54.1 Å². The third-order valence-corrected chi connectivity index (χ3v) is 5.31. The topological polar surface area (TPSA) is 80.6 Å². The Morgan fingerprint density at radius 1 is 1.13 bits per heavy atom. The van der Waals surface area contributed by atoms with Crippen LogP contribution in [0.3, 0.4) is 0 Å². The predicted octanol–water partition coefficient (Wildman–Crippen LogP) is 2.66. The van der Waals surface area contributed by atoms with Crippen molar-refractivity contribution >= 4 is 28.6 Å². The van der Waals surface area contributed by atoms with Gasteiger partial charge in [-0.3, -0.25) is 4.79 Å². The highest BCUT2D eigenvalue weighted by atomic mass is 19.1. The number of amides is 1. The lowest BCUT2D eigenvalue weighted by Gasteiger charge is -2.36. The van der Waals surface area contributed by atoms with E-state index < -0.39 is 5.97 Å². The molecule has 0 bridgehead atoms. The Balaban J connectivity index is 1.31. The van der Waals surface area contributed by atoms with Crippen LogP contribution in [0.5, 0.6) is 0 Å². The monoisotopic (exact) mass is 425 g/mol. The van der Waals surface area contributed by atoms with Crippen LogP contribution in [0, 0.1) is 5.82 Å². The van der Waals surface area contributed by atoms with Crippen LogP contribution in [-0.4, -0.2) is 64.3 Å². The second kappa shape index (κ2) is 8.71. The maximum Gasteiger partial charge on any atom is 0.340 e. The molecule has 0 atom stereocenters. The molecule has 4 rings (SSSR count). The molecule has 3 aromatic rings. The lowest BCUT2D eigenvalue weighted by molar-refractivity contribution is -0.134. The standard InChI is InChI=1S/C22H24FN5O3/c1-15(2)28-21-16(13-25-28)11-17(12-24-21)22(30)31-14-20(29)27-9-7-26(8-10-27)19-6-4-3-5-18(19)23/h3-6,11-13,15H,7-10,14H2,1-2H3. The van der Waals surface area contributed by atoms with E-state index in [0.717, 1.165) is 5.39 Å². The number of fused-ring (bicyclic) bond motifs is 1. The molecule has 0 N–H and O–H groups in total. The van der Waals surface area contributed by atoms with Crippen molar-refractivity contribution in [3.8, 4) is 0 Å². The number of esters is 1. The summed E-state index contributed by atoms with van der Waals surface area (Å²) in [6.45, 7) is 5.55. The fourth-order valence-corrected chi connectivity index (χ4v) is 3.64. The number of aromatic nitrogens is 3. The molecule has 0 spiro atoms. The van der Waals surface area contributed by atoms with E-state index in [9.17, 15) is 14.0 Å². The number of pyridine rings is 1. The number of rotatable bonds is 5. The number of hydrogen-bond donors (Lipinski definition) is 0. The Morgan fingerprint density at radius 3 is 2.58 bits per heavy atom. The Hall–Kier alpha value is -3.49. The summed E-state index contributed by atoms with van der Waals surface area (Å²) >= 11 is 0. The van der Waals surface area contributed by atoms with Gasteiger partial charge in [0.25, 0.3) is 5.91 Å². The van der Waals surface area contributed by atoms with E-state index in [-0.39, 0.29) is 29.9 Å². The van der Waals surface area contributed by atoms with Gasteiger partial charge < -0.3 is 14.5 Å². The maximum atomic E-state index is 13.9. The van der Waals surface area contributed by atoms with Crippen molar-refractivity contribution in [2.75, 3.05) is 37.7 Å². The molecule has 0 radical (unpaired) electrons. The lowest BCUT2D eigenvalue weighted by atomic mass is 10.2. The molecular formula is C22H24FN5O3. The number of para-hydroxylation sites is 1. The van der Waals surface area contributed by atoms with Gasteiger partial charge in [0.15, 0.2) is 12.3 Å². The largest absolute Gasteiger partial charge is 0.452 e. The molecule has 1 saturated heterocycles. The number of ether oxygens (including phenoxy) is 1. The van der Waals surface area contributed by atoms with Gasteiger partial charge in [-0.25, -0.2) is 18.9 Å². The summed E-state index contributed by atoms with van der Waals surface area (Å²) < 4.78 is 20.9. The molecule has 9 heteroatoms. The van der Waals surface area contributed by atoms with E-state index in [1.54, 1.807) is 40.0 Å². The molecule has 1 aromatic carbocycles. The van der Waals surface area contributed by atoms with Crippen LogP contribution < -0.4 is 4.90 Å². The Bertz CT molecular complexity index is 1110. The minimum atomic E-state index is -0.606. The summed E-state index contributed by atoms with van der Waals surface area (Å²) in [6.07, 6.45) is 3.09. The molecule has 1 aliphatic rings. The molecule has 162 valence electrons. The summed E-state index contributed by atoms with van der Waals surface area (Å²) in [5.74, 6) is -1.16. The summed E-state index contributed by atoms with van der Waals surface area (Å²) in [5.41, 5.74) is 1.49. The Kier molecular flexibility index (Phi) is 5.83. The highest BCUT2D eigenvalue weighted by Crippen LogP contribution is 2.20. The molecular weight excluding hydrogens is 401 g/mol. The van der Waals surface area contributed by atoms with Crippen molar-refractivity contribution in [2.45, 2.75) is 19.9 Å². The zero-order valence-electron chi connectivity index (χ0n) is 17.5. The summed E-state index contributed by atoms with van der Waals surface area (Å²) in [4.78, 5) is 32.7. The summed E-state index contributed by atoms with van der Waals surface area (Å²) in [5, 5.41) is 5.01. The van der Waals surface area contributed by atoms with Gasteiger partial charge in [-0.2, -0.15) is 5.10 Å². The molecule has 0 aliphatic carbocycles. The van der Waals surface area contributed by atoms with E-state index in [1.807, 2.05) is 18.7 Å². The molecule has 2 aromatic heterocycles. The third kappa shape index (κ3) is 4.35. The first-order valence-corrected chi connectivity index (χ1v) is 10.2. The molecule has 3 heterocycles. The summed E-state index contributed by atoms with van der Waals surface area (Å²) in [7, 11) is 0. The number of piperazine rings is 1. The minimum Gasteiger partial charge on any atom is -0.452 e. The number of anilines is 1. The van der Waals surface area contributed by atoms with E-state index in [2.05, 4.69) is 10.1 Å². The van der Waals surface area contributed by atoms with Gasteiger partial charge in [0.2, 0.25) is 0 Å². The first-order valence-electron chi connectivity index (χ1n) is 10.2. The number of halogens is 1. The first-order chi connectivity index (χ1) is 14.9. The van der Waals surface area contributed by atoms with E-state index >= 15 is 0 Å². The third-order valence-electron chi connectivity index (χ3n) is 5.31. The molecule has 1 aliphatic heterocycles. The number of nitrogens with zero attached hydrogens (tertiary/aromatic N) is 5. The summed E-state index contributed by atoms with van der Waals surface area (Å²) in [6, 6.07) is 8.40. The van der Waals surface area contributed by atoms with Crippen molar-refractivity contribution < 1.29 is 18.7 Å². The van der Waals surface area contributed by atoms with Crippen LogP contribution in [0.15, 0.2) is 42.7 Å². The average molecular weight is 425 g/mol. The van der Waals surface area contributed by atoms with Crippen molar-refractivity contribution in [2.24, 2.45) is 0 Å². The average Bonchev–Trinajstić information content (AvgIpc) is 3.21. The maximum absolute atomic E-state index is 13.9. The molecule has 31 heavy (non-hydrogen) atoms. The second-order valence-corrected chi connectivity index (χ2v) is 7.72. The van der Waals surface area contributed by atoms with Crippen LogP contribution >= 0.6 is 0 Å². The minimum absolute atomic E-state index is 0.152. The molecule has 1 fully saturated rings. The van der Waals surface area contributed by atoms with Crippen LogP contribution in [-0.2, 0) is 9.53 Å². The fraction of sp³-hybridized carbons (Fsp3) is 0.364. The normalized spacial score (nSPS) is 14.3. The highest BCUT2D eigenvalue weighted by Gasteiger charge is 2.24. The molecule has 8 nitrogen and oxygen atoms in total. The van der Waals surface area contributed by atoms with Crippen molar-refractivity contribution in [1.82, 2.24) is 19.7 Å². The van der Waals surface area contributed by atoms with E-state index in [1.165, 1.54) is 12.3 Å². The number of hydrogen-bond acceptors (Lipinski definition) is 6. The van der Waals surface area contributed by atoms with Crippen LogP contribution in [0.2, 0.25) is 0 Å². The Morgan fingerprint density at radius 2 is 1.87 bits per heavy atom. The van der Waals surface area contributed by atoms with Crippen molar-refractivity contribution in [3.63, 3.8) is 0 Å². The quantitative estimate of drug-likeness (QED) is 0.585. The van der Waals surface area contributed by atoms with Gasteiger partial charge in [0, 0.05) is 43.8 Å². The van der Waals surface area contributed by atoms with E-state index in [4.69, 9.17) is 4.74 Å². The zero-order valence-corrected chi connectivity index (χ0v) is 17.5. The smallest absolute Gasteiger partial charge is 0.340 e. The SMILES string of the molecule is CC(C)n1ncc2cc(C(=O)OCC(=O)N3CCN(c4ccccc4F)CC3)cnc21. The highest BCUT2D eigenvalue weighted by molar-refractivity contribution is 5.94. The number of benzene rings is 1. The van der Waals surface area contributed by atoms with Gasteiger partial charge in [-0.1, -0.05) is 12.1 Å². The van der Waals surface area contributed by atoms with Gasteiger partial charge in [0.05, 0.1) is 17.4 Å². The lowest BCUT2D eigenvalue weighted by Crippen LogP contribution is -2.50. The van der Waals surface area contributed by atoms with Crippen LogP contribution in [0.1, 0.15) is 30.2 Å². The van der Waals surface area contributed by atoms with Crippen LogP contribution in [0.25, 0.3) is 11.0 Å². The van der Waals surface area contributed by atoms with Crippen LogP contribution in [0.4, 0.5) is 10.1 Å². The van der Waals surface area contributed by atoms with Gasteiger partial charge in [0.1, 0.15) is 5.82 Å². The second-order valence-electron chi connectivity index (χ2n) is 7.72.